The van der Waals surface area contributed by atoms with E-state index in [1.54, 1.807) is 55.7 Å². The van der Waals surface area contributed by atoms with Crippen LogP contribution in [0.1, 0.15) is 12.5 Å². The lowest BCUT2D eigenvalue weighted by atomic mass is 10.2. The molecule has 1 aliphatic rings. The number of hydrogen-bond donors (Lipinski definition) is 1. The molecular weight excluding hydrogens is 472 g/mol. The van der Waals surface area contributed by atoms with E-state index in [2.05, 4.69) is 15.3 Å². The first-order valence-corrected chi connectivity index (χ1v) is 11.3. The van der Waals surface area contributed by atoms with Gasteiger partial charge in [0.05, 0.1) is 29.2 Å². The Labute approximate surface area is 204 Å². The lowest BCUT2D eigenvalue weighted by Gasteiger charge is -2.11. The van der Waals surface area contributed by atoms with Crippen LogP contribution in [0.5, 0.6) is 23.1 Å². The molecule has 0 spiro atoms. The molecule has 0 aliphatic carbocycles. The van der Waals surface area contributed by atoms with Crippen molar-refractivity contribution in [3.8, 4) is 23.1 Å². The van der Waals surface area contributed by atoms with E-state index in [0.29, 0.717) is 33.9 Å². The lowest BCUT2D eigenvalue weighted by Crippen LogP contribution is -2.19. The number of amides is 1. The molecule has 178 valence electrons. The Morgan fingerprint density at radius 2 is 1.94 bits per heavy atom. The monoisotopic (exact) mass is 492 g/mol. The van der Waals surface area contributed by atoms with Crippen LogP contribution < -0.4 is 19.5 Å². The number of aliphatic imine (C=N–C) groups is 1. The van der Waals surface area contributed by atoms with Gasteiger partial charge in [0.1, 0.15) is 11.9 Å². The topological polar surface area (TPSA) is 125 Å². The first-order valence-electron chi connectivity index (χ1n) is 10.4. The van der Waals surface area contributed by atoms with Crippen molar-refractivity contribution in [1.29, 1.82) is 0 Å². The van der Waals surface area contributed by atoms with Gasteiger partial charge in [-0.1, -0.05) is 6.07 Å². The predicted octanol–water partition coefficient (Wildman–Crippen LogP) is 5.08. The molecule has 0 saturated carbocycles. The van der Waals surface area contributed by atoms with Crippen molar-refractivity contribution < 1.29 is 23.9 Å². The van der Waals surface area contributed by atoms with Gasteiger partial charge in [-0.2, -0.15) is 0 Å². The highest BCUT2D eigenvalue weighted by atomic mass is 32.2. The number of nitrogens with one attached hydrogen (secondary N) is 1. The average molecular weight is 493 g/mol. The molecule has 11 heteroatoms. The SMILES string of the molecule is CCOc1cc(/C=C2/SC(=Nc3ccc(OC)cc3)NC2=O)ccc1Oc1ccc([N+](=O)[O-])cn1. The van der Waals surface area contributed by atoms with E-state index in [4.69, 9.17) is 14.2 Å². The van der Waals surface area contributed by atoms with Crippen molar-refractivity contribution in [3.05, 3.63) is 81.4 Å². The number of aromatic nitrogens is 1. The van der Waals surface area contributed by atoms with Crippen LogP contribution in [-0.4, -0.2) is 34.7 Å². The minimum atomic E-state index is -0.533. The van der Waals surface area contributed by atoms with Gasteiger partial charge in [0.25, 0.3) is 11.6 Å². The molecule has 1 aliphatic heterocycles. The quantitative estimate of drug-likeness (QED) is 0.262. The van der Waals surface area contributed by atoms with Gasteiger partial charge < -0.3 is 19.5 Å². The number of carbonyl (C=O) groups excluding carboxylic acids is 1. The number of methoxy groups -OCH3 is 1. The molecule has 2 heterocycles. The number of ether oxygens (including phenoxy) is 3. The van der Waals surface area contributed by atoms with Crippen LogP contribution in [0.2, 0.25) is 0 Å². The standard InChI is InChI=1S/C24H20N4O6S/c1-3-33-20-12-15(4-10-19(20)34-22-11-7-17(14-25-22)28(30)31)13-21-23(29)27-24(35-21)26-16-5-8-18(32-2)9-6-16/h4-14H,3H2,1-2H3,(H,26,27,29)/b21-13+. The fourth-order valence-corrected chi connectivity index (χ4v) is 3.87. The fourth-order valence-electron chi connectivity index (χ4n) is 3.03. The van der Waals surface area contributed by atoms with Crippen molar-refractivity contribution in [2.75, 3.05) is 13.7 Å². The smallest absolute Gasteiger partial charge is 0.287 e. The van der Waals surface area contributed by atoms with Crippen LogP contribution in [0, 0.1) is 10.1 Å². The Morgan fingerprint density at radius 3 is 2.60 bits per heavy atom. The van der Waals surface area contributed by atoms with E-state index in [9.17, 15) is 14.9 Å². The summed E-state index contributed by atoms with van der Waals surface area (Å²) in [6.45, 7) is 2.22. The zero-order chi connectivity index (χ0) is 24.8. The van der Waals surface area contributed by atoms with E-state index in [1.807, 2.05) is 6.92 Å². The second-order valence-electron chi connectivity index (χ2n) is 7.03. The molecule has 1 aromatic heterocycles. The third kappa shape index (κ3) is 5.95. The van der Waals surface area contributed by atoms with Gasteiger partial charge in [0.15, 0.2) is 16.7 Å². The fraction of sp³-hybridized carbons (Fsp3) is 0.125. The molecule has 1 amide bonds. The Balaban J connectivity index is 1.52. The summed E-state index contributed by atoms with van der Waals surface area (Å²) in [4.78, 5) is 31.6. The molecule has 2 aromatic carbocycles. The summed E-state index contributed by atoms with van der Waals surface area (Å²) >= 11 is 1.23. The van der Waals surface area contributed by atoms with E-state index < -0.39 is 4.92 Å². The van der Waals surface area contributed by atoms with Crippen molar-refractivity contribution >= 4 is 40.3 Å². The van der Waals surface area contributed by atoms with Gasteiger partial charge in [0, 0.05) is 12.1 Å². The molecule has 0 radical (unpaired) electrons. The Bertz CT molecular complexity index is 1310. The number of nitro groups is 1. The number of pyridine rings is 1. The average Bonchev–Trinajstić information content (AvgIpc) is 3.20. The minimum absolute atomic E-state index is 0.133. The van der Waals surface area contributed by atoms with Gasteiger partial charge in [-0.05, 0) is 66.7 Å². The summed E-state index contributed by atoms with van der Waals surface area (Å²) in [5.41, 5.74) is 1.28. The van der Waals surface area contributed by atoms with Gasteiger partial charge in [-0.3, -0.25) is 14.9 Å². The minimum Gasteiger partial charge on any atom is -0.497 e. The maximum atomic E-state index is 12.5. The van der Waals surface area contributed by atoms with E-state index in [-0.39, 0.29) is 17.5 Å². The molecule has 0 bridgehead atoms. The van der Waals surface area contributed by atoms with E-state index in [1.165, 1.54) is 23.9 Å². The summed E-state index contributed by atoms with van der Waals surface area (Å²) in [7, 11) is 1.59. The molecular formula is C24H20N4O6S. The van der Waals surface area contributed by atoms with Crippen LogP contribution in [0.3, 0.4) is 0 Å². The van der Waals surface area contributed by atoms with Crippen LogP contribution >= 0.6 is 11.8 Å². The molecule has 10 nitrogen and oxygen atoms in total. The van der Waals surface area contributed by atoms with Gasteiger partial charge in [-0.15, -0.1) is 0 Å². The number of thioether (sulfide) groups is 1. The van der Waals surface area contributed by atoms with E-state index in [0.717, 1.165) is 17.5 Å². The molecule has 4 rings (SSSR count). The molecule has 35 heavy (non-hydrogen) atoms. The normalized spacial score (nSPS) is 15.2. The Kier molecular flexibility index (Phi) is 7.27. The van der Waals surface area contributed by atoms with Gasteiger partial charge in [0.2, 0.25) is 5.88 Å². The Hall–Kier alpha value is -4.38. The Morgan fingerprint density at radius 1 is 1.14 bits per heavy atom. The molecule has 1 saturated heterocycles. The molecule has 1 N–H and O–H groups in total. The van der Waals surface area contributed by atoms with Crippen LogP contribution in [0.4, 0.5) is 11.4 Å². The maximum Gasteiger partial charge on any atom is 0.287 e. The van der Waals surface area contributed by atoms with Crippen LogP contribution in [-0.2, 0) is 4.79 Å². The lowest BCUT2D eigenvalue weighted by molar-refractivity contribution is -0.385. The van der Waals surface area contributed by atoms with Crippen molar-refractivity contribution in [2.45, 2.75) is 6.92 Å². The van der Waals surface area contributed by atoms with Crippen LogP contribution in [0.25, 0.3) is 6.08 Å². The largest absolute Gasteiger partial charge is 0.497 e. The molecule has 3 aromatic rings. The highest BCUT2D eigenvalue weighted by molar-refractivity contribution is 8.18. The highest BCUT2D eigenvalue weighted by Crippen LogP contribution is 2.35. The number of carbonyl (C=O) groups is 1. The second-order valence-corrected chi connectivity index (χ2v) is 8.06. The second kappa shape index (κ2) is 10.7. The first-order chi connectivity index (χ1) is 16.9. The zero-order valence-corrected chi connectivity index (χ0v) is 19.6. The van der Waals surface area contributed by atoms with Crippen LogP contribution in [0.15, 0.2) is 70.7 Å². The predicted molar refractivity (Wildman–Crippen MR) is 132 cm³/mol. The molecule has 1 fully saturated rings. The summed E-state index contributed by atoms with van der Waals surface area (Å²) in [5.74, 6) is 1.49. The first kappa shape index (κ1) is 23.8. The maximum absolute atomic E-state index is 12.5. The highest BCUT2D eigenvalue weighted by Gasteiger charge is 2.24. The van der Waals surface area contributed by atoms with Gasteiger partial charge in [-0.25, -0.2) is 9.98 Å². The van der Waals surface area contributed by atoms with Crippen molar-refractivity contribution in [1.82, 2.24) is 10.3 Å². The summed E-state index contributed by atoms with van der Waals surface area (Å²) in [6, 6.07) is 15.1. The summed E-state index contributed by atoms with van der Waals surface area (Å²) < 4.78 is 16.6. The summed E-state index contributed by atoms with van der Waals surface area (Å²) in [6.07, 6.45) is 2.85. The zero-order valence-electron chi connectivity index (χ0n) is 18.8. The van der Waals surface area contributed by atoms with Crippen molar-refractivity contribution in [2.24, 2.45) is 4.99 Å². The third-order valence-corrected chi connectivity index (χ3v) is 5.58. The number of hydrogen-bond acceptors (Lipinski definition) is 9. The molecule has 0 atom stereocenters. The molecule has 0 unspecified atom stereocenters. The number of benzene rings is 2. The third-order valence-electron chi connectivity index (χ3n) is 4.67. The van der Waals surface area contributed by atoms with Gasteiger partial charge >= 0.3 is 0 Å². The number of nitrogens with zero attached hydrogens (tertiary/aromatic N) is 3. The number of rotatable bonds is 8. The number of amidine groups is 1. The summed E-state index contributed by atoms with van der Waals surface area (Å²) in [5, 5.41) is 14.0. The van der Waals surface area contributed by atoms with Crippen molar-refractivity contribution in [3.63, 3.8) is 0 Å². The van der Waals surface area contributed by atoms with E-state index >= 15 is 0 Å².